The minimum absolute atomic E-state index is 0.123. The summed E-state index contributed by atoms with van der Waals surface area (Å²) in [6.45, 7) is 0. The number of carbonyl (C=O) groups excluding carboxylic acids is 1. The van der Waals surface area contributed by atoms with Crippen LogP contribution in [0.5, 0.6) is 0 Å². The summed E-state index contributed by atoms with van der Waals surface area (Å²) in [5, 5.41) is 9.55. The third-order valence-corrected chi connectivity index (χ3v) is 4.25. The number of carboxylic acids is 1. The normalized spacial score (nSPS) is 33.1. The molecule has 1 atom stereocenters. The quantitative estimate of drug-likeness (QED) is 0.795. The van der Waals surface area contributed by atoms with Gasteiger partial charge in [-0.1, -0.05) is 6.08 Å². The number of hydrogen-bond donors (Lipinski definition) is 1. The molecule has 92 valence electrons. The number of carbonyl (C=O) groups is 2. The van der Waals surface area contributed by atoms with Crippen molar-refractivity contribution in [2.24, 2.45) is 5.41 Å². The molecule has 0 aromatic rings. The molecule has 4 nitrogen and oxygen atoms in total. The van der Waals surface area contributed by atoms with Gasteiger partial charge in [-0.3, -0.25) is 9.59 Å². The number of amides is 1. The van der Waals surface area contributed by atoms with Crippen LogP contribution in [0.2, 0.25) is 0 Å². The molecule has 3 aliphatic rings. The second-order valence-electron chi connectivity index (χ2n) is 5.36. The van der Waals surface area contributed by atoms with E-state index in [0.717, 1.165) is 31.4 Å². The zero-order valence-electron chi connectivity index (χ0n) is 9.82. The van der Waals surface area contributed by atoms with Crippen LogP contribution in [0.3, 0.4) is 0 Å². The minimum atomic E-state index is -0.769. The van der Waals surface area contributed by atoms with E-state index < -0.39 is 11.4 Å². The van der Waals surface area contributed by atoms with E-state index in [9.17, 15) is 14.7 Å². The van der Waals surface area contributed by atoms with Crippen LogP contribution in [0.15, 0.2) is 11.8 Å². The van der Waals surface area contributed by atoms with Crippen molar-refractivity contribution in [3.63, 3.8) is 0 Å². The van der Waals surface area contributed by atoms with Gasteiger partial charge in [0.25, 0.3) is 0 Å². The smallest absolute Gasteiger partial charge is 0.315 e. The summed E-state index contributed by atoms with van der Waals surface area (Å²) in [6, 6.07) is 0.283. The lowest BCUT2D eigenvalue weighted by Crippen LogP contribution is -2.50. The standard InChI is InChI=1S/C13H17NO3/c15-11-6-8-13(12(16)17)7-2-1-3-10(13)14(11)9-4-5-9/h3,9H,1-2,4-8H2,(H,16,17). The predicted octanol–water partition coefficient (Wildman–Crippen LogP) is 1.91. The summed E-state index contributed by atoms with van der Waals surface area (Å²) < 4.78 is 0. The molecule has 0 aromatic carbocycles. The maximum absolute atomic E-state index is 12.0. The molecular weight excluding hydrogens is 218 g/mol. The van der Waals surface area contributed by atoms with Gasteiger partial charge in [-0.15, -0.1) is 0 Å². The summed E-state index contributed by atoms with van der Waals surface area (Å²) in [5.74, 6) is -0.626. The van der Waals surface area contributed by atoms with Crippen LogP contribution in [-0.4, -0.2) is 27.9 Å². The Hall–Kier alpha value is -1.32. The average molecular weight is 235 g/mol. The highest BCUT2D eigenvalue weighted by atomic mass is 16.4. The van der Waals surface area contributed by atoms with Crippen LogP contribution in [0.4, 0.5) is 0 Å². The van der Waals surface area contributed by atoms with E-state index in [4.69, 9.17) is 0 Å². The van der Waals surface area contributed by atoms with Crippen LogP contribution in [0.25, 0.3) is 0 Å². The topological polar surface area (TPSA) is 57.6 Å². The zero-order chi connectivity index (χ0) is 12.0. The van der Waals surface area contributed by atoms with Crippen LogP contribution >= 0.6 is 0 Å². The van der Waals surface area contributed by atoms with Gasteiger partial charge in [-0.25, -0.2) is 0 Å². The maximum Gasteiger partial charge on any atom is 0.315 e. The van der Waals surface area contributed by atoms with Crippen LogP contribution in [0.1, 0.15) is 44.9 Å². The van der Waals surface area contributed by atoms with E-state index in [1.807, 2.05) is 6.08 Å². The van der Waals surface area contributed by atoms with E-state index in [0.29, 0.717) is 19.3 Å². The largest absolute Gasteiger partial charge is 0.481 e. The van der Waals surface area contributed by atoms with Crippen molar-refractivity contribution in [1.82, 2.24) is 4.90 Å². The Kier molecular flexibility index (Phi) is 2.28. The van der Waals surface area contributed by atoms with E-state index in [1.165, 1.54) is 0 Å². The summed E-state index contributed by atoms with van der Waals surface area (Å²) in [6.07, 6.45) is 7.43. The number of rotatable bonds is 2. The first-order chi connectivity index (χ1) is 8.15. The molecule has 1 N–H and O–H groups in total. The molecule has 1 heterocycles. The molecule has 1 amide bonds. The predicted molar refractivity (Wildman–Crippen MR) is 61.1 cm³/mol. The van der Waals surface area contributed by atoms with E-state index in [2.05, 4.69) is 0 Å². The molecule has 1 saturated heterocycles. The second-order valence-corrected chi connectivity index (χ2v) is 5.36. The number of hydrogen-bond acceptors (Lipinski definition) is 2. The van der Waals surface area contributed by atoms with Crippen molar-refractivity contribution < 1.29 is 14.7 Å². The Bertz CT molecular complexity index is 411. The molecule has 17 heavy (non-hydrogen) atoms. The first kappa shape index (κ1) is 10.8. The van der Waals surface area contributed by atoms with Gasteiger partial charge in [0, 0.05) is 18.2 Å². The SMILES string of the molecule is O=C1CCC2(C(=O)O)CCCC=C2N1C1CC1. The Morgan fingerprint density at radius 3 is 2.82 bits per heavy atom. The number of fused-ring (bicyclic) bond motifs is 1. The van der Waals surface area contributed by atoms with Crippen molar-refractivity contribution in [2.45, 2.75) is 51.0 Å². The lowest BCUT2D eigenvalue weighted by Gasteiger charge is -2.44. The van der Waals surface area contributed by atoms with E-state index in [1.54, 1.807) is 4.90 Å². The molecule has 0 bridgehead atoms. The number of allylic oxidation sites excluding steroid dienone is 1. The molecule has 0 spiro atoms. The Morgan fingerprint density at radius 2 is 2.18 bits per heavy atom. The van der Waals surface area contributed by atoms with Gasteiger partial charge < -0.3 is 10.0 Å². The van der Waals surface area contributed by atoms with Crippen molar-refractivity contribution >= 4 is 11.9 Å². The molecule has 1 unspecified atom stereocenters. The highest BCUT2D eigenvalue weighted by molar-refractivity contribution is 5.87. The number of piperidine rings is 1. The first-order valence-electron chi connectivity index (χ1n) is 6.41. The summed E-state index contributed by atoms with van der Waals surface area (Å²) in [5.41, 5.74) is 0.0318. The van der Waals surface area contributed by atoms with Gasteiger partial charge in [0.2, 0.25) is 5.91 Å². The van der Waals surface area contributed by atoms with Crippen LogP contribution in [-0.2, 0) is 9.59 Å². The highest BCUT2D eigenvalue weighted by Gasteiger charge is 2.52. The molecule has 1 saturated carbocycles. The van der Waals surface area contributed by atoms with Crippen molar-refractivity contribution in [2.75, 3.05) is 0 Å². The number of likely N-dealkylation sites (tertiary alicyclic amines) is 1. The van der Waals surface area contributed by atoms with Gasteiger partial charge in [0.05, 0.1) is 0 Å². The fourth-order valence-corrected chi connectivity index (χ4v) is 3.18. The van der Waals surface area contributed by atoms with Crippen molar-refractivity contribution in [3.05, 3.63) is 11.8 Å². The second kappa shape index (κ2) is 3.59. The Balaban J connectivity index is 2.03. The van der Waals surface area contributed by atoms with E-state index in [-0.39, 0.29) is 11.9 Å². The van der Waals surface area contributed by atoms with Gasteiger partial charge in [-0.05, 0) is 38.5 Å². The van der Waals surface area contributed by atoms with Gasteiger partial charge in [0.15, 0.2) is 0 Å². The van der Waals surface area contributed by atoms with Gasteiger partial charge >= 0.3 is 5.97 Å². The first-order valence-corrected chi connectivity index (χ1v) is 6.41. The van der Waals surface area contributed by atoms with Gasteiger partial charge in [0.1, 0.15) is 5.41 Å². The average Bonchev–Trinajstić information content (AvgIpc) is 3.13. The Morgan fingerprint density at radius 1 is 1.41 bits per heavy atom. The number of carboxylic acid groups (broad SMARTS) is 1. The fourth-order valence-electron chi connectivity index (χ4n) is 3.18. The van der Waals surface area contributed by atoms with Crippen molar-refractivity contribution in [3.8, 4) is 0 Å². The van der Waals surface area contributed by atoms with Crippen LogP contribution in [0, 0.1) is 5.41 Å². The molecule has 2 aliphatic carbocycles. The molecule has 0 aromatic heterocycles. The maximum atomic E-state index is 12.0. The molecular formula is C13H17NO3. The van der Waals surface area contributed by atoms with Gasteiger partial charge in [-0.2, -0.15) is 0 Å². The highest BCUT2D eigenvalue weighted by Crippen LogP contribution is 2.49. The minimum Gasteiger partial charge on any atom is -0.481 e. The lowest BCUT2D eigenvalue weighted by molar-refractivity contribution is -0.153. The lowest BCUT2D eigenvalue weighted by atomic mass is 9.70. The molecule has 1 aliphatic heterocycles. The van der Waals surface area contributed by atoms with E-state index >= 15 is 0 Å². The number of aliphatic carboxylic acids is 1. The number of nitrogens with zero attached hydrogens (tertiary/aromatic N) is 1. The molecule has 2 fully saturated rings. The van der Waals surface area contributed by atoms with Crippen molar-refractivity contribution in [1.29, 1.82) is 0 Å². The van der Waals surface area contributed by atoms with Crippen LogP contribution < -0.4 is 0 Å². The molecule has 3 rings (SSSR count). The fraction of sp³-hybridized carbons (Fsp3) is 0.692. The molecule has 4 heteroatoms. The summed E-state index contributed by atoms with van der Waals surface area (Å²) >= 11 is 0. The zero-order valence-corrected chi connectivity index (χ0v) is 9.82. The monoisotopic (exact) mass is 235 g/mol. The molecule has 0 radical (unpaired) electrons. The summed E-state index contributed by atoms with van der Waals surface area (Å²) in [7, 11) is 0. The Labute approximate surface area is 100 Å². The third-order valence-electron chi connectivity index (χ3n) is 4.25. The summed E-state index contributed by atoms with van der Waals surface area (Å²) in [4.78, 5) is 25.4. The third kappa shape index (κ3) is 1.50.